The summed E-state index contributed by atoms with van der Waals surface area (Å²) in [7, 11) is 0. The first-order chi connectivity index (χ1) is 31.4. The van der Waals surface area contributed by atoms with Gasteiger partial charge in [0.15, 0.2) is 12.6 Å². The SMILES string of the molecule is C[C@H]1[C@H](C)CC[C@]2(C(=O)O[C@@H]3O[C@H](CO[C@@H]4O[C@H](CO)[C@@H](O[C@@H]5O[C@H](C)[C@H](O)[C@@H](O)[C@H]5O)[C@H](O)[C@H]4O)[C@@H](O)[C@H](O)[C@H]3O)CC[C@]3(C)C(=CC[C@@H]4[C@@]5(C)C[C@@H](O)[C@H](O)[C@@](C)(CO)[C@H]5CC[C@]43C)[C@@H]12. The van der Waals surface area contributed by atoms with Crippen LogP contribution in [0.15, 0.2) is 11.6 Å². The topological polar surface area (TPSA) is 315 Å². The maximum atomic E-state index is 15.0. The minimum atomic E-state index is -1.86. The Morgan fingerprint density at radius 3 is 2.01 bits per heavy atom. The van der Waals surface area contributed by atoms with E-state index < -0.39 is 134 Å². The molecular formula is C48H78O19. The summed E-state index contributed by atoms with van der Waals surface area (Å²) in [6.45, 7) is 13.0. The zero-order chi connectivity index (χ0) is 49.1. The van der Waals surface area contributed by atoms with E-state index >= 15 is 4.79 Å². The van der Waals surface area contributed by atoms with E-state index in [1.165, 1.54) is 12.5 Å². The number of ether oxygens (including phenoxy) is 6. The summed E-state index contributed by atoms with van der Waals surface area (Å²) in [4.78, 5) is 15.0. The molecule has 8 aliphatic rings. The van der Waals surface area contributed by atoms with E-state index in [9.17, 15) is 61.3 Å². The lowest BCUT2D eigenvalue weighted by molar-refractivity contribution is -0.361. The Kier molecular flexibility index (Phi) is 14.4. The third kappa shape index (κ3) is 7.92. The Balaban J connectivity index is 0.985. The van der Waals surface area contributed by atoms with Crippen LogP contribution in [0.3, 0.4) is 0 Å². The molecule has 0 spiro atoms. The number of esters is 1. The monoisotopic (exact) mass is 959 g/mol. The van der Waals surface area contributed by atoms with Gasteiger partial charge in [0, 0.05) is 5.41 Å². The third-order valence-electron chi connectivity index (χ3n) is 19.7. The minimum absolute atomic E-state index is 0.0112. The number of aliphatic hydroxyl groups excluding tert-OH is 12. The average Bonchev–Trinajstić information content (AvgIpc) is 3.29. The van der Waals surface area contributed by atoms with Gasteiger partial charge >= 0.3 is 5.97 Å². The van der Waals surface area contributed by atoms with Gasteiger partial charge in [0.25, 0.3) is 0 Å². The van der Waals surface area contributed by atoms with Crippen molar-refractivity contribution in [2.45, 2.75) is 204 Å². The van der Waals surface area contributed by atoms with E-state index in [4.69, 9.17) is 28.4 Å². The van der Waals surface area contributed by atoms with Crippen LogP contribution in [-0.2, 0) is 33.2 Å². The third-order valence-corrected chi connectivity index (χ3v) is 19.7. The number of hydrogen-bond acceptors (Lipinski definition) is 19. The summed E-state index contributed by atoms with van der Waals surface area (Å²) < 4.78 is 34.7. The number of aliphatic hydroxyl groups is 12. The van der Waals surface area contributed by atoms with Crippen molar-refractivity contribution < 1.29 is 94.5 Å². The van der Waals surface area contributed by atoms with Gasteiger partial charge in [-0.05, 0) is 104 Å². The molecule has 3 saturated heterocycles. The lowest BCUT2D eigenvalue weighted by Crippen LogP contribution is -2.68. The van der Waals surface area contributed by atoms with Crippen molar-refractivity contribution in [3.8, 4) is 0 Å². The molecule has 27 atom stereocenters. The maximum Gasteiger partial charge on any atom is 0.315 e. The lowest BCUT2D eigenvalue weighted by Gasteiger charge is -2.71. The standard InChI is InChI=1S/C48H78O19/c1-20-10-13-48(15-14-46(6)23(29(48)21(20)2)8-9-28-44(4)16-24(51)39(60)45(5,19-50)27(44)11-12-47(28,46)7)43(61)67-42-36(58)33(55)31(53)26(65-42)18-62-40-37(59)34(56)38(25(17-49)64-40)66-41-35(57)32(54)30(52)22(3)63-41/h8,20-22,24-42,49-60H,9-19H2,1-7H3/t20-,21+,22-,24-,25-,26-,27+,28-,29-,30+,31-,32-,33+,34-,35-,36-,37-,38-,39+,40-,41+,42+,44+,45+,46-,47-,48+/m1/s1. The second-order valence-electron chi connectivity index (χ2n) is 22.9. The average molecular weight is 959 g/mol. The molecule has 12 N–H and O–H groups in total. The molecule has 0 aromatic heterocycles. The van der Waals surface area contributed by atoms with Crippen molar-refractivity contribution in [3.05, 3.63) is 11.6 Å². The minimum Gasteiger partial charge on any atom is -0.432 e. The molecule has 0 bridgehead atoms. The number of carbonyl (C=O) groups excluding carboxylic acids is 1. The van der Waals surface area contributed by atoms with E-state index in [2.05, 4.69) is 40.7 Å². The molecule has 67 heavy (non-hydrogen) atoms. The summed E-state index contributed by atoms with van der Waals surface area (Å²) >= 11 is 0. The predicted molar refractivity (Wildman–Crippen MR) is 231 cm³/mol. The van der Waals surface area contributed by atoms with Gasteiger partial charge < -0.3 is 89.7 Å². The molecule has 19 heteroatoms. The number of rotatable bonds is 9. The molecule has 5 aliphatic carbocycles. The van der Waals surface area contributed by atoms with Crippen LogP contribution in [0.2, 0.25) is 0 Å². The predicted octanol–water partition coefficient (Wildman–Crippen LogP) is -1.03. The van der Waals surface area contributed by atoms with Crippen LogP contribution >= 0.6 is 0 Å². The van der Waals surface area contributed by atoms with Crippen molar-refractivity contribution in [3.63, 3.8) is 0 Å². The van der Waals surface area contributed by atoms with Crippen LogP contribution in [0.5, 0.6) is 0 Å². The Morgan fingerprint density at radius 1 is 0.701 bits per heavy atom. The zero-order valence-corrected chi connectivity index (χ0v) is 39.8. The van der Waals surface area contributed by atoms with Gasteiger partial charge in [0.05, 0.1) is 43.5 Å². The molecular weight excluding hydrogens is 881 g/mol. The fourth-order valence-corrected chi connectivity index (χ4v) is 15.2. The van der Waals surface area contributed by atoms with Crippen molar-refractivity contribution in [2.24, 2.45) is 56.7 Å². The largest absolute Gasteiger partial charge is 0.432 e. The molecule has 3 aliphatic heterocycles. The highest BCUT2D eigenvalue weighted by atomic mass is 16.8. The maximum absolute atomic E-state index is 15.0. The molecule has 4 saturated carbocycles. The van der Waals surface area contributed by atoms with Gasteiger partial charge in [0.1, 0.15) is 67.1 Å². The van der Waals surface area contributed by atoms with E-state index in [-0.39, 0.29) is 52.4 Å². The second-order valence-corrected chi connectivity index (χ2v) is 22.9. The first-order valence-electron chi connectivity index (χ1n) is 24.5. The van der Waals surface area contributed by atoms with Gasteiger partial charge in [-0.3, -0.25) is 4.79 Å². The molecule has 384 valence electrons. The Bertz CT molecular complexity index is 1820. The highest BCUT2D eigenvalue weighted by Gasteiger charge is 2.71. The van der Waals surface area contributed by atoms with Gasteiger partial charge in [-0.2, -0.15) is 0 Å². The van der Waals surface area contributed by atoms with Crippen molar-refractivity contribution in [1.82, 2.24) is 0 Å². The molecule has 0 unspecified atom stereocenters. The summed E-state index contributed by atoms with van der Waals surface area (Å²) in [6.07, 6.45) is -18.9. The van der Waals surface area contributed by atoms with E-state index in [1.807, 2.05) is 6.92 Å². The van der Waals surface area contributed by atoms with Crippen LogP contribution in [0.4, 0.5) is 0 Å². The zero-order valence-electron chi connectivity index (χ0n) is 39.8. The molecule has 0 amide bonds. The Labute approximate surface area is 392 Å². The van der Waals surface area contributed by atoms with Crippen molar-refractivity contribution in [1.29, 1.82) is 0 Å². The number of hydrogen-bond donors (Lipinski definition) is 12. The van der Waals surface area contributed by atoms with Gasteiger partial charge in [-0.1, -0.05) is 53.2 Å². The van der Waals surface area contributed by atoms with Gasteiger partial charge in [-0.15, -0.1) is 0 Å². The van der Waals surface area contributed by atoms with E-state index in [1.54, 1.807) is 0 Å². The van der Waals surface area contributed by atoms with Crippen LogP contribution in [0.1, 0.15) is 99.8 Å². The van der Waals surface area contributed by atoms with E-state index in [0.29, 0.717) is 32.1 Å². The van der Waals surface area contributed by atoms with Crippen LogP contribution < -0.4 is 0 Å². The lowest BCUT2D eigenvalue weighted by atomic mass is 9.33. The fourth-order valence-electron chi connectivity index (χ4n) is 15.2. The number of fused-ring (bicyclic) bond motifs is 7. The summed E-state index contributed by atoms with van der Waals surface area (Å²) in [5, 5.41) is 130. The Hall–Kier alpha value is -1.47. The summed E-state index contributed by atoms with van der Waals surface area (Å²) in [5.74, 6) is -0.386. The smallest absolute Gasteiger partial charge is 0.315 e. The first kappa shape index (κ1) is 51.9. The number of allylic oxidation sites excluding steroid dienone is 2. The Morgan fingerprint density at radius 2 is 1.34 bits per heavy atom. The molecule has 8 rings (SSSR count). The van der Waals surface area contributed by atoms with Crippen molar-refractivity contribution in [2.75, 3.05) is 19.8 Å². The van der Waals surface area contributed by atoms with Gasteiger partial charge in [0.2, 0.25) is 6.29 Å². The van der Waals surface area contributed by atoms with E-state index in [0.717, 1.165) is 19.3 Å². The normalized spacial score (nSPS) is 56.7. The summed E-state index contributed by atoms with van der Waals surface area (Å²) in [6, 6.07) is 0. The quantitative estimate of drug-likeness (QED) is 0.0971. The van der Waals surface area contributed by atoms with Crippen LogP contribution in [0, 0.1) is 56.7 Å². The van der Waals surface area contributed by atoms with Crippen LogP contribution in [0.25, 0.3) is 0 Å². The highest BCUT2D eigenvalue weighted by Crippen LogP contribution is 2.76. The number of carbonyl (C=O) groups is 1. The van der Waals surface area contributed by atoms with Crippen LogP contribution in [-0.4, -0.2) is 191 Å². The fraction of sp³-hybridized carbons (Fsp3) is 0.938. The molecule has 7 fully saturated rings. The molecule has 0 aromatic carbocycles. The second kappa shape index (κ2) is 18.5. The molecule has 19 nitrogen and oxygen atoms in total. The van der Waals surface area contributed by atoms with Crippen molar-refractivity contribution >= 4 is 5.97 Å². The molecule has 3 heterocycles. The van der Waals surface area contributed by atoms with Gasteiger partial charge in [-0.25, -0.2) is 0 Å². The summed E-state index contributed by atoms with van der Waals surface area (Å²) in [5.41, 5.74) is -1.64. The first-order valence-corrected chi connectivity index (χ1v) is 24.5. The highest BCUT2D eigenvalue weighted by molar-refractivity contribution is 5.79. The molecule has 0 aromatic rings. The molecule has 0 radical (unpaired) electrons.